The number of nitrogens with zero attached hydrogens (tertiary/aromatic N) is 4. The fourth-order valence-corrected chi connectivity index (χ4v) is 4.77. The van der Waals surface area contributed by atoms with E-state index in [1.165, 1.54) is 17.3 Å². The Morgan fingerprint density at radius 1 is 1.06 bits per heavy atom. The van der Waals surface area contributed by atoms with Crippen LogP contribution >= 0.6 is 11.8 Å². The summed E-state index contributed by atoms with van der Waals surface area (Å²) in [7, 11) is 1.96. The number of carbonyl (C=O) groups is 1. The average Bonchev–Trinajstić information content (AvgIpc) is 3.15. The molecule has 1 aliphatic rings. The number of amides is 1. The number of rotatable bonds is 8. The second-order valence-electron chi connectivity index (χ2n) is 8.14. The van der Waals surface area contributed by atoms with Crippen molar-refractivity contribution in [2.45, 2.75) is 20.0 Å². The summed E-state index contributed by atoms with van der Waals surface area (Å²) in [6.45, 7) is 3.84. The molecule has 3 aromatic carbocycles. The zero-order chi connectivity index (χ0) is 24.6. The summed E-state index contributed by atoms with van der Waals surface area (Å²) in [5.74, 6) is -0.0843. The van der Waals surface area contributed by atoms with Gasteiger partial charge in [0, 0.05) is 26.3 Å². The Labute approximate surface area is 210 Å². The number of nitriles is 1. The molecule has 1 fully saturated rings. The summed E-state index contributed by atoms with van der Waals surface area (Å²) in [6, 6.07) is 27.6. The third-order valence-corrected chi connectivity index (χ3v) is 6.39. The topological polar surface area (TPSA) is 71.7 Å². The van der Waals surface area contributed by atoms with Gasteiger partial charge in [0.15, 0.2) is 5.17 Å². The molecule has 0 aliphatic carbocycles. The van der Waals surface area contributed by atoms with Gasteiger partial charge in [-0.25, -0.2) is 4.99 Å². The molecule has 0 atom stereocenters. The number of carbonyl (C=O) groups excluding carboxylic acids is 1. The normalized spacial score (nSPS) is 15.5. The van der Waals surface area contributed by atoms with Crippen molar-refractivity contribution in [3.8, 4) is 6.07 Å². The van der Waals surface area contributed by atoms with E-state index >= 15 is 0 Å². The highest BCUT2D eigenvalue weighted by Crippen LogP contribution is 2.36. The smallest absolute Gasteiger partial charge is 0.268 e. The molecule has 1 saturated heterocycles. The van der Waals surface area contributed by atoms with Gasteiger partial charge in [0.1, 0.15) is 0 Å². The number of hydrogen-bond donors (Lipinski definition) is 1. The van der Waals surface area contributed by atoms with Crippen LogP contribution < -0.4 is 5.32 Å². The molecular weight excluding hydrogens is 454 g/mol. The molecule has 0 aromatic heterocycles. The fraction of sp³-hybridized carbons (Fsp3) is 0.179. The van der Waals surface area contributed by atoms with Crippen molar-refractivity contribution in [2.24, 2.45) is 4.99 Å². The van der Waals surface area contributed by atoms with Crippen LogP contribution in [0, 0.1) is 11.3 Å². The van der Waals surface area contributed by atoms with Crippen LogP contribution in [0.2, 0.25) is 0 Å². The van der Waals surface area contributed by atoms with E-state index in [1.54, 1.807) is 17.0 Å². The lowest BCUT2D eigenvalue weighted by Crippen LogP contribution is -2.28. The molecule has 0 unspecified atom stereocenters. The number of benzene rings is 3. The van der Waals surface area contributed by atoms with Gasteiger partial charge in [0.2, 0.25) is 0 Å². The summed E-state index contributed by atoms with van der Waals surface area (Å²) >= 11 is 1.36. The van der Waals surface area contributed by atoms with E-state index in [4.69, 9.17) is 4.99 Å². The zero-order valence-corrected chi connectivity index (χ0v) is 20.6. The molecule has 35 heavy (non-hydrogen) atoms. The quantitative estimate of drug-likeness (QED) is 0.416. The van der Waals surface area contributed by atoms with Gasteiger partial charge in [-0.05, 0) is 48.0 Å². The van der Waals surface area contributed by atoms with Gasteiger partial charge < -0.3 is 10.2 Å². The third-order valence-electron chi connectivity index (χ3n) is 5.39. The van der Waals surface area contributed by atoms with Crippen molar-refractivity contribution in [1.29, 1.82) is 5.26 Å². The molecule has 7 heteroatoms. The summed E-state index contributed by atoms with van der Waals surface area (Å²) in [5.41, 5.74) is 4.17. The van der Waals surface area contributed by atoms with E-state index in [-0.39, 0.29) is 5.91 Å². The molecule has 1 aliphatic heterocycles. The molecule has 1 N–H and O–H groups in total. The molecule has 0 radical (unpaired) electrons. The molecule has 4 rings (SSSR count). The lowest BCUT2D eigenvalue weighted by molar-refractivity contribution is -0.122. The van der Waals surface area contributed by atoms with Crippen LogP contribution in [-0.4, -0.2) is 34.5 Å². The Balaban J connectivity index is 1.68. The molecule has 1 heterocycles. The lowest BCUT2D eigenvalue weighted by atomic mass is 10.2. The van der Waals surface area contributed by atoms with Gasteiger partial charge in [-0.15, -0.1) is 0 Å². The molecule has 0 spiro atoms. The maximum absolute atomic E-state index is 13.5. The Hall–Kier alpha value is -4.02. The van der Waals surface area contributed by atoms with Gasteiger partial charge in [-0.3, -0.25) is 9.69 Å². The lowest BCUT2D eigenvalue weighted by Gasteiger charge is -2.17. The van der Waals surface area contributed by atoms with Crippen molar-refractivity contribution in [1.82, 2.24) is 9.80 Å². The van der Waals surface area contributed by atoms with Crippen molar-refractivity contribution >= 4 is 34.2 Å². The molecule has 0 saturated carbocycles. The Morgan fingerprint density at radius 2 is 1.74 bits per heavy atom. The van der Waals surface area contributed by atoms with E-state index in [1.807, 2.05) is 79.7 Å². The van der Waals surface area contributed by atoms with Gasteiger partial charge in [-0.2, -0.15) is 5.26 Å². The van der Waals surface area contributed by atoms with Crippen LogP contribution in [0.15, 0.2) is 95.0 Å². The van der Waals surface area contributed by atoms with Crippen LogP contribution in [0.3, 0.4) is 0 Å². The van der Waals surface area contributed by atoms with Crippen molar-refractivity contribution < 1.29 is 4.79 Å². The number of hydrogen-bond acceptors (Lipinski definition) is 6. The summed E-state index contributed by atoms with van der Waals surface area (Å²) < 4.78 is 0. The molecule has 3 aromatic rings. The van der Waals surface area contributed by atoms with Crippen molar-refractivity contribution in [3.63, 3.8) is 0 Å². The Kier molecular flexibility index (Phi) is 7.86. The third kappa shape index (κ3) is 6.11. The SMILES string of the molecule is CCNc1ccc(C#N)cc1N=C1S/C(=C\N(C)Cc2ccccc2)C(=O)N1Cc1ccccc1. The van der Waals surface area contributed by atoms with Crippen LogP contribution in [0.4, 0.5) is 11.4 Å². The predicted octanol–water partition coefficient (Wildman–Crippen LogP) is 5.73. The van der Waals surface area contributed by atoms with Gasteiger partial charge in [-0.1, -0.05) is 60.7 Å². The molecule has 1 amide bonds. The first-order chi connectivity index (χ1) is 17.1. The number of anilines is 1. The first-order valence-corrected chi connectivity index (χ1v) is 12.3. The highest BCUT2D eigenvalue weighted by atomic mass is 32.2. The highest BCUT2D eigenvalue weighted by Gasteiger charge is 2.34. The van der Waals surface area contributed by atoms with E-state index in [2.05, 4.69) is 23.5 Å². The van der Waals surface area contributed by atoms with Crippen molar-refractivity contribution in [2.75, 3.05) is 18.9 Å². The average molecular weight is 482 g/mol. The summed E-state index contributed by atoms with van der Waals surface area (Å²) in [5, 5.41) is 13.3. The number of nitrogens with one attached hydrogen (secondary N) is 1. The van der Waals surface area contributed by atoms with Crippen LogP contribution in [0.1, 0.15) is 23.6 Å². The maximum atomic E-state index is 13.5. The fourth-order valence-electron chi connectivity index (χ4n) is 3.74. The first kappa shape index (κ1) is 24.1. The Morgan fingerprint density at radius 3 is 2.40 bits per heavy atom. The van der Waals surface area contributed by atoms with Crippen LogP contribution in [-0.2, 0) is 17.9 Å². The summed E-state index contributed by atoms with van der Waals surface area (Å²) in [4.78, 5) is 22.7. The second kappa shape index (κ2) is 11.4. The predicted molar refractivity (Wildman–Crippen MR) is 143 cm³/mol. The first-order valence-electron chi connectivity index (χ1n) is 11.4. The zero-order valence-electron chi connectivity index (χ0n) is 19.8. The number of amidine groups is 1. The minimum atomic E-state index is -0.0843. The number of thioether (sulfide) groups is 1. The van der Waals surface area contributed by atoms with E-state index in [0.717, 1.165) is 17.8 Å². The summed E-state index contributed by atoms with van der Waals surface area (Å²) in [6.07, 6.45) is 1.89. The van der Waals surface area contributed by atoms with Gasteiger partial charge >= 0.3 is 0 Å². The number of aliphatic imine (C=N–C) groups is 1. The van der Waals surface area contributed by atoms with Crippen LogP contribution in [0.5, 0.6) is 0 Å². The van der Waals surface area contributed by atoms with E-state index in [0.29, 0.717) is 34.4 Å². The second-order valence-corrected chi connectivity index (χ2v) is 9.15. The minimum absolute atomic E-state index is 0.0843. The molecular formula is C28H27N5OS. The molecule has 176 valence electrons. The molecule has 6 nitrogen and oxygen atoms in total. The standard InChI is InChI=1S/C28H27N5OS/c1-3-30-24-15-14-23(17-29)16-25(24)31-28-33(19-22-12-8-5-9-13-22)27(34)26(35-28)20-32(2)18-21-10-6-4-7-11-21/h4-16,20,30H,3,18-19H2,1-2H3/b26-20-,31-28?. The largest absolute Gasteiger partial charge is 0.384 e. The van der Waals surface area contributed by atoms with Gasteiger partial charge in [0.05, 0.1) is 34.5 Å². The Bertz CT molecular complexity index is 1280. The van der Waals surface area contributed by atoms with E-state index < -0.39 is 0 Å². The monoisotopic (exact) mass is 481 g/mol. The van der Waals surface area contributed by atoms with Crippen molar-refractivity contribution in [3.05, 3.63) is 107 Å². The van der Waals surface area contributed by atoms with E-state index in [9.17, 15) is 10.1 Å². The van der Waals surface area contributed by atoms with Crippen LogP contribution in [0.25, 0.3) is 0 Å². The minimum Gasteiger partial charge on any atom is -0.384 e. The highest BCUT2D eigenvalue weighted by molar-refractivity contribution is 8.18. The maximum Gasteiger partial charge on any atom is 0.268 e. The molecule has 0 bridgehead atoms. The van der Waals surface area contributed by atoms with Gasteiger partial charge in [0.25, 0.3) is 5.91 Å².